The molecule has 1 aromatic rings. The van der Waals surface area contributed by atoms with Crippen LogP contribution in [0.25, 0.3) is 0 Å². The van der Waals surface area contributed by atoms with Crippen LogP contribution < -0.4 is 10.5 Å². The van der Waals surface area contributed by atoms with Crippen molar-refractivity contribution < 1.29 is 9.47 Å². The van der Waals surface area contributed by atoms with Crippen LogP contribution in [-0.2, 0) is 11.2 Å². The molecule has 106 valence electrons. The van der Waals surface area contributed by atoms with Crippen LogP contribution in [0.2, 0.25) is 0 Å². The quantitative estimate of drug-likeness (QED) is 0.908. The van der Waals surface area contributed by atoms with Crippen LogP contribution >= 0.6 is 0 Å². The van der Waals surface area contributed by atoms with E-state index >= 15 is 0 Å². The van der Waals surface area contributed by atoms with Gasteiger partial charge in [0.25, 0.3) is 0 Å². The maximum absolute atomic E-state index is 6.48. The normalized spacial score (nSPS) is 17.7. The molecule has 2 rings (SSSR count). The summed E-state index contributed by atoms with van der Waals surface area (Å²) < 4.78 is 11.7. The van der Waals surface area contributed by atoms with E-state index in [1.165, 1.54) is 5.56 Å². The molecule has 2 atom stereocenters. The zero-order valence-corrected chi connectivity index (χ0v) is 12.4. The maximum atomic E-state index is 6.48. The van der Waals surface area contributed by atoms with Crippen LogP contribution in [0.5, 0.6) is 5.75 Å². The van der Waals surface area contributed by atoms with E-state index in [0.29, 0.717) is 6.61 Å². The molecule has 1 aromatic carbocycles. The molecule has 19 heavy (non-hydrogen) atoms. The van der Waals surface area contributed by atoms with Gasteiger partial charge in [-0.3, -0.25) is 0 Å². The lowest BCUT2D eigenvalue weighted by molar-refractivity contribution is -0.0286. The zero-order valence-electron chi connectivity index (χ0n) is 12.4. The molecule has 0 amide bonds. The van der Waals surface area contributed by atoms with Crippen molar-refractivity contribution in [1.29, 1.82) is 0 Å². The molecule has 0 bridgehead atoms. The monoisotopic (exact) mass is 263 g/mol. The van der Waals surface area contributed by atoms with Crippen LogP contribution in [-0.4, -0.2) is 19.3 Å². The molecule has 0 aliphatic carbocycles. The van der Waals surface area contributed by atoms with Gasteiger partial charge in [-0.1, -0.05) is 39.0 Å². The van der Waals surface area contributed by atoms with Gasteiger partial charge in [0.15, 0.2) is 0 Å². The Bertz CT molecular complexity index is 437. The number of benzene rings is 1. The second-order valence-electron chi connectivity index (χ2n) is 6.20. The smallest absolute Gasteiger partial charge is 0.127 e. The molecule has 0 radical (unpaired) electrons. The molecule has 0 saturated carbocycles. The second-order valence-corrected chi connectivity index (χ2v) is 6.20. The standard InChI is InChI=1S/C16H25NO2/c1-5-18-15(16(2,3)4)13(17)12-8-6-7-11-9-10-19-14(11)12/h6-8,13,15H,5,9-10,17H2,1-4H3. The molecule has 2 N–H and O–H groups in total. The van der Waals surface area contributed by atoms with Crippen LogP contribution in [0.3, 0.4) is 0 Å². The summed E-state index contributed by atoms with van der Waals surface area (Å²) in [5, 5.41) is 0. The van der Waals surface area contributed by atoms with Gasteiger partial charge in [-0.05, 0) is 17.9 Å². The Hall–Kier alpha value is -1.06. The summed E-state index contributed by atoms with van der Waals surface area (Å²) in [7, 11) is 0. The Morgan fingerprint density at radius 2 is 2.11 bits per heavy atom. The third-order valence-electron chi connectivity index (χ3n) is 3.63. The fraction of sp³-hybridized carbons (Fsp3) is 0.625. The Labute approximate surface area is 116 Å². The average Bonchev–Trinajstić information content (AvgIpc) is 2.81. The number of fused-ring (bicyclic) bond motifs is 1. The summed E-state index contributed by atoms with van der Waals surface area (Å²) >= 11 is 0. The third kappa shape index (κ3) is 2.93. The first-order valence-corrected chi connectivity index (χ1v) is 7.07. The zero-order chi connectivity index (χ0) is 14.0. The van der Waals surface area contributed by atoms with Crippen molar-refractivity contribution in [3.63, 3.8) is 0 Å². The van der Waals surface area contributed by atoms with Crippen molar-refractivity contribution in [3.05, 3.63) is 29.3 Å². The fourth-order valence-corrected chi connectivity index (χ4v) is 2.74. The van der Waals surface area contributed by atoms with E-state index in [9.17, 15) is 0 Å². The summed E-state index contributed by atoms with van der Waals surface area (Å²) in [5.74, 6) is 0.976. The van der Waals surface area contributed by atoms with Crippen molar-refractivity contribution >= 4 is 0 Å². The molecule has 0 saturated heterocycles. The number of hydrogen-bond donors (Lipinski definition) is 1. The molecular weight excluding hydrogens is 238 g/mol. The van der Waals surface area contributed by atoms with Crippen molar-refractivity contribution in [2.24, 2.45) is 11.1 Å². The molecule has 3 nitrogen and oxygen atoms in total. The maximum Gasteiger partial charge on any atom is 0.127 e. The van der Waals surface area contributed by atoms with Gasteiger partial charge in [0.05, 0.1) is 18.8 Å². The molecule has 2 unspecified atom stereocenters. The number of para-hydroxylation sites is 1. The minimum Gasteiger partial charge on any atom is -0.493 e. The van der Waals surface area contributed by atoms with Crippen molar-refractivity contribution in [3.8, 4) is 5.75 Å². The van der Waals surface area contributed by atoms with Crippen LogP contribution in [0.1, 0.15) is 44.9 Å². The molecule has 1 heterocycles. The first-order chi connectivity index (χ1) is 8.95. The molecule has 1 aliphatic rings. The second kappa shape index (κ2) is 5.51. The van der Waals surface area contributed by atoms with Gasteiger partial charge in [0, 0.05) is 18.6 Å². The Morgan fingerprint density at radius 3 is 2.74 bits per heavy atom. The van der Waals surface area contributed by atoms with Crippen LogP contribution in [0.15, 0.2) is 18.2 Å². The lowest BCUT2D eigenvalue weighted by Gasteiger charge is -2.35. The first kappa shape index (κ1) is 14.4. The fourth-order valence-electron chi connectivity index (χ4n) is 2.74. The number of nitrogens with two attached hydrogens (primary N) is 1. The SMILES string of the molecule is CCOC(C(N)c1cccc2c1OCC2)C(C)(C)C. The van der Waals surface area contributed by atoms with Gasteiger partial charge in [0.2, 0.25) is 0 Å². The minimum atomic E-state index is -0.159. The highest BCUT2D eigenvalue weighted by molar-refractivity contribution is 5.46. The van der Waals surface area contributed by atoms with Crippen LogP contribution in [0.4, 0.5) is 0 Å². The van der Waals surface area contributed by atoms with E-state index in [-0.39, 0.29) is 17.6 Å². The van der Waals surface area contributed by atoms with Gasteiger partial charge in [-0.2, -0.15) is 0 Å². The van der Waals surface area contributed by atoms with E-state index in [0.717, 1.165) is 24.3 Å². The van der Waals surface area contributed by atoms with Gasteiger partial charge >= 0.3 is 0 Å². The molecule has 0 aromatic heterocycles. The topological polar surface area (TPSA) is 44.5 Å². The predicted molar refractivity (Wildman–Crippen MR) is 77.4 cm³/mol. The predicted octanol–water partition coefficient (Wildman–Crippen LogP) is 3.07. The Morgan fingerprint density at radius 1 is 1.37 bits per heavy atom. The minimum absolute atomic E-state index is 0.00322. The van der Waals surface area contributed by atoms with E-state index < -0.39 is 0 Å². The number of hydrogen-bond acceptors (Lipinski definition) is 3. The van der Waals surface area contributed by atoms with Gasteiger partial charge < -0.3 is 15.2 Å². The van der Waals surface area contributed by atoms with Crippen LogP contribution in [0, 0.1) is 5.41 Å². The summed E-state index contributed by atoms with van der Waals surface area (Å²) in [6.07, 6.45) is 0.957. The summed E-state index contributed by atoms with van der Waals surface area (Å²) in [6, 6.07) is 6.08. The summed E-state index contributed by atoms with van der Waals surface area (Å²) in [6.45, 7) is 9.93. The lowest BCUT2D eigenvalue weighted by atomic mass is 9.82. The van der Waals surface area contributed by atoms with Crippen molar-refractivity contribution in [2.45, 2.75) is 46.3 Å². The Kier molecular flexibility index (Phi) is 4.16. The highest BCUT2D eigenvalue weighted by Gasteiger charge is 2.34. The largest absolute Gasteiger partial charge is 0.493 e. The molecule has 0 spiro atoms. The third-order valence-corrected chi connectivity index (χ3v) is 3.63. The van der Waals surface area contributed by atoms with Crippen molar-refractivity contribution in [1.82, 2.24) is 0 Å². The first-order valence-electron chi connectivity index (χ1n) is 7.07. The van der Waals surface area contributed by atoms with E-state index in [2.05, 4.69) is 39.0 Å². The molecule has 0 fully saturated rings. The summed E-state index contributed by atoms with van der Waals surface area (Å²) in [4.78, 5) is 0. The van der Waals surface area contributed by atoms with E-state index in [1.54, 1.807) is 0 Å². The van der Waals surface area contributed by atoms with Gasteiger partial charge in [-0.15, -0.1) is 0 Å². The van der Waals surface area contributed by atoms with Gasteiger partial charge in [-0.25, -0.2) is 0 Å². The van der Waals surface area contributed by atoms with E-state index in [1.807, 2.05) is 6.92 Å². The number of rotatable bonds is 4. The van der Waals surface area contributed by atoms with Gasteiger partial charge in [0.1, 0.15) is 5.75 Å². The summed E-state index contributed by atoms with van der Waals surface area (Å²) in [5.41, 5.74) is 8.81. The Balaban J connectivity index is 2.32. The highest BCUT2D eigenvalue weighted by Crippen LogP contribution is 2.38. The molecule has 3 heteroatoms. The lowest BCUT2D eigenvalue weighted by Crippen LogP contribution is -2.39. The molecular formula is C16H25NO2. The molecule has 1 aliphatic heterocycles. The van der Waals surface area contributed by atoms with Crippen molar-refractivity contribution in [2.75, 3.05) is 13.2 Å². The average molecular weight is 263 g/mol. The number of ether oxygens (including phenoxy) is 2. The van der Waals surface area contributed by atoms with E-state index in [4.69, 9.17) is 15.2 Å². The highest BCUT2D eigenvalue weighted by atomic mass is 16.5.